The van der Waals surface area contributed by atoms with Crippen LogP contribution in [0.15, 0.2) is 0 Å². The fourth-order valence-electron chi connectivity index (χ4n) is 2.95. The number of carbonyl (C=O) groups is 1. The molecule has 2 N–H and O–H groups in total. The number of nitrogens with zero attached hydrogens (tertiary/aromatic N) is 1. The number of likely N-dealkylation sites (N-methyl/N-ethyl adjacent to an activating group) is 1. The summed E-state index contributed by atoms with van der Waals surface area (Å²) in [4.78, 5) is 14.0. The van der Waals surface area contributed by atoms with E-state index in [9.17, 15) is 4.79 Å². The molecule has 0 aromatic heterocycles. The first-order valence-corrected chi connectivity index (χ1v) is 6.07. The van der Waals surface area contributed by atoms with E-state index in [1.165, 1.54) is 25.7 Å². The molecular weight excluding hydrogens is 188 g/mol. The van der Waals surface area contributed by atoms with Crippen molar-refractivity contribution < 1.29 is 4.79 Å². The van der Waals surface area contributed by atoms with Crippen LogP contribution in [0.2, 0.25) is 0 Å². The first-order chi connectivity index (χ1) is 7.10. The SMILES string of the molecule is CC(CN)N(C)C(=O)C1CC12CCCC2. The van der Waals surface area contributed by atoms with E-state index >= 15 is 0 Å². The van der Waals surface area contributed by atoms with E-state index in [1.807, 2.05) is 18.9 Å². The summed E-state index contributed by atoms with van der Waals surface area (Å²) in [5.74, 6) is 0.647. The van der Waals surface area contributed by atoms with Crippen LogP contribution in [-0.2, 0) is 4.79 Å². The Morgan fingerprint density at radius 3 is 2.67 bits per heavy atom. The highest BCUT2D eigenvalue weighted by Gasteiger charge is 2.59. The van der Waals surface area contributed by atoms with Gasteiger partial charge >= 0.3 is 0 Å². The molecule has 2 aliphatic rings. The Kier molecular flexibility index (Phi) is 2.75. The van der Waals surface area contributed by atoms with Gasteiger partial charge in [-0.1, -0.05) is 12.8 Å². The molecule has 0 aliphatic heterocycles. The molecule has 0 aromatic rings. The van der Waals surface area contributed by atoms with Gasteiger partial charge in [-0.2, -0.15) is 0 Å². The standard InChI is InChI=1S/C12H22N2O/c1-9(8-13)14(2)11(15)10-7-12(10)5-3-4-6-12/h9-10H,3-8,13H2,1-2H3. The molecule has 1 amide bonds. The molecule has 2 aliphatic carbocycles. The van der Waals surface area contributed by atoms with Gasteiger partial charge in [-0.3, -0.25) is 4.79 Å². The Morgan fingerprint density at radius 2 is 2.13 bits per heavy atom. The molecule has 15 heavy (non-hydrogen) atoms. The van der Waals surface area contributed by atoms with E-state index < -0.39 is 0 Å². The van der Waals surface area contributed by atoms with Crippen molar-refractivity contribution in [2.75, 3.05) is 13.6 Å². The van der Waals surface area contributed by atoms with Crippen molar-refractivity contribution in [1.29, 1.82) is 0 Å². The Bertz CT molecular complexity index is 258. The first kappa shape index (κ1) is 10.9. The van der Waals surface area contributed by atoms with Crippen molar-refractivity contribution >= 4 is 5.91 Å². The van der Waals surface area contributed by atoms with Gasteiger partial charge < -0.3 is 10.6 Å². The number of rotatable bonds is 3. The molecular formula is C12H22N2O. The van der Waals surface area contributed by atoms with Gasteiger partial charge in [-0.05, 0) is 31.6 Å². The number of carbonyl (C=O) groups excluding carboxylic acids is 1. The summed E-state index contributed by atoms with van der Waals surface area (Å²) in [7, 11) is 1.89. The fourth-order valence-corrected chi connectivity index (χ4v) is 2.95. The molecule has 0 heterocycles. The normalized spacial score (nSPS) is 29.1. The third kappa shape index (κ3) is 1.78. The van der Waals surface area contributed by atoms with Crippen LogP contribution in [0.5, 0.6) is 0 Å². The summed E-state index contributed by atoms with van der Waals surface area (Å²) >= 11 is 0. The van der Waals surface area contributed by atoms with Crippen LogP contribution in [0.3, 0.4) is 0 Å². The average Bonchev–Trinajstić information content (AvgIpc) is 2.73. The maximum Gasteiger partial charge on any atom is 0.226 e. The quantitative estimate of drug-likeness (QED) is 0.764. The Labute approximate surface area is 92.0 Å². The van der Waals surface area contributed by atoms with Crippen LogP contribution in [0, 0.1) is 11.3 Å². The summed E-state index contributed by atoms with van der Waals surface area (Å²) < 4.78 is 0. The molecule has 2 saturated carbocycles. The predicted octanol–water partition coefficient (Wildman–Crippen LogP) is 1.37. The van der Waals surface area contributed by atoms with Crippen LogP contribution in [0.1, 0.15) is 39.0 Å². The van der Waals surface area contributed by atoms with Gasteiger partial charge in [0, 0.05) is 25.6 Å². The first-order valence-electron chi connectivity index (χ1n) is 6.07. The van der Waals surface area contributed by atoms with Crippen molar-refractivity contribution in [3.8, 4) is 0 Å². The molecule has 0 saturated heterocycles. The third-order valence-corrected chi connectivity index (χ3v) is 4.44. The van der Waals surface area contributed by atoms with Crippen LogP contribution in [0.25, 0.3) is 0 Å². The molecule has 0 bridgehead atoms. The van der Waals surface area contributed by atoms with E-state index in [1.54, 1.807) is 0 Å². The highest BCUT2D eigenvalue weighted by atomic mass is 16.2. The number of nitrogens with two attached hydrogens (primary N) is 1. The van der Waals surface area contributed by atoms with Crippen molar-refractivity contribution in [2.45, 2.75) is 45.1 Å². The van der Waals surface area contributed by atoms with Gasteiger partial charge in [-0.15, -0.1) is 0 Å². The highest BCUT2D eigenvalue weighted by Crippen LogP contribution is 2.63. The summed E-state index contributed by atoms with van der Waals surface area (Å²) in [6.45, 7) is 2.57. The zero-order valence-electron chi connectivity index (χ0n) is 9.83. The summed E-state index contributed by atoms with van der Waals surface area (Å²) in [6, 6.07) is 0.177. The van der Waals surface area contributed by atoms with Gasteiger partial charge in [0.1, 0.15) is 0 Å². The van der Waals surface area contributed by atoms with E-state index in [2.05, 4.69) is 0 Å². The molecule has 3 heteroatoms. The lowest BCUT2D eigenvalue weighted by molar-refractivity contribution is -0.133. The summed E-state index contributed by atoms with van der Waals surface area (Å²) in [5, 5.41) is 0. The number of amides is 1. The maximum absolute atomic E-state index is 12.1. The second kappa shape index (κ2) is 3.78. The second-order valence-electron chi connectivity index (χ2n) is 5.36. The monoisotopic (exact) mass is 210 g/mol. The zero-order chi connectivity index (χ0) is 11.1. The molecule has 0 aromatic carbocycles. The molecule has 2 unspecified atom stereocenters. The van der Waals surface area contributed by atoms with Gasteiger partial charge in [0.05, 0.1) is 0 Å². The van der Waals surface area contributed by atoms with E-state index in [4.69, 9.17) is 5.73 Å². The molecule has 1 spiro atoms. The van der Waals surface area contributed by atoms with Gasteiger partial charge in [-0.25, -0.2) is 0 Å². The Morgan fingerprint density at radius 1 is 1.53 bits per heavy atom. The molecule has 2 fully saturated rings. The minimum atomic E-state index is 0.177. The largest absolute Gasteiger partial charge is 0.342 e. The molecule has 2 rings (SSSR count). The lowest BCUT2D eigenvalue weighted by Crippen LogP contribution is -2.41. The Hall–Kier alpha value is -0.570. The van der Waals surface area contributed by atoms with E-state index in [0.29, 0.717) is 23.8 Å². The molecule has 3 nitrogen and oxygen atoms in total. The lowest BCUT2D eigenvalue weighted by Gasteiger charge is -2.24. The van der Waals surface area contributed by atoms with Gasteiger partial charge in [0.25, 0.3) is 0 Å². The minimum Gasteiger partial charge on any atom is -0.342 e. The number of hydrogen-bond acceptors (Lipinski definition) is 2. The molecule has 0 radical (unpaired) electrons. The molecule has 86 valence electrons. The topological polar surface area (TPSA) is 46.3 Å². The van der Waals surface area contributed by atoms with Crippen LogP contribution < -0.4 is 5.73 Å². The van der Waals surface area contributed by atoms with Crippen molar-refractivity contribution in [1.82, 2.24) is 4.90 Å². The minimum absolute atomic E-state index is 0.177. The Balaban J connectivity index is 1.93. The van der Waals surface area contributed by atoms with Crippen molar-refractivity contribution in [2.24, 2.45) is 17.1 Å². The van der Waals surface area contributed by atoms with Crippen LogP contribution in [-0.4, -0.2) is 30.4 Å². The smallest absolute Gasteiger partial charge is 0.226 e. The fraction of sp³-hybridized carbons (Fsp3) is 0.917. The summed E-state index contributed by atoms with van der Waals surface area (Å²) in [6.07, 6.45) is 6.32. The third-order valence-electron chi connectivity index (χ3n) is 4.44. The maximum atomic E-state index is 12.1. The van der Waals surface area contributed by atoms with Gasteiger partial charge in [0.15, 0.2) is 0 Å². The van der Waals surface area contributed by atoms with Crippen molar-refractivity contribution in [3.63, 3.8) is 0 Å². The van der Waals surface area contributed by atoms with E-state index in [0.717, 1.165) is 6.42 Å². The van der Waals surface area contributed by atoms with Gasteiger partial charge in [0.2, 0.25) is 5.91 Å². The predicted molar refractivity (Wildman–Crippen MR) is 60.3 cm³/mol. The summed E-state index contributed by atoms with van der Waals surface area (Å²) in [5.41, 5.74) is 6.00. The second-order valence-corrected chi connectivity index (χ2v) is 5.36. The van der Waals surface area contributed by atoms with Crippen LogP contribution >= 0.6 is 0 Å². The van der Waals surface area contributed by atoms with E-state index in [-0.39, 0.29) is 6.04 Å². The molecule has 2 atom stereocenters. The zero-order valence-corrected chi connectivity index (χ0v) is 9.83. The van der Waals surface area contributed by atoms with Crippen molar-refractivity contribution in [3.05, 3.63) is 0 Å². The highest BCUT2D eigenvalue weighted by molar-refractivity contribution is 5.82. The lowest BCUT2D eigenvalue weighted by atomic mass is 10.0. The average molecular weight is 210 g/mol. The van der Waals surface area contributed by atoms with Crippen LogP contribution in [0.4, 0.5) is 0 Å². The number of hydrogen-bond donors (Lipinski definition) is 1.